The molecule has 2 atom stereocenters. The van der Waals surface area contributed by atoms with E-state index in [0.717, 1.165) is 18.8 Å². The molecule has 1 aromatic heterocycles. The van der Waals surface area contributed by atoms with Gasteiger partial charge in [0.05, 0.1) is 0 Å². The summed E-state index contributed by atoms with van der Waals surface area (Å²) in [7, 11) is 0. The van der Waals surface area contributed by atoms with Gasteiger partial charge in [0.15, 0.2) is 0 Å². The highest BCUT2D eigenvalue weighted by Crippen LogP contribution is 2.37. The average Bonchev–Trinajstić information content (AvgIpc) is 2.58. The third-order valence-corrected chi connectivity index (χ3v) is 2.12. The zero-order valence-corrected chi connectivity index (χ0v) is 6.57. The summed E-state index contributed by atoms with van der Waals surface area (Å²) < 4.78 is 1.91. The molecule has 0 spiro atoms. The van der Waals surface area contributed by atoms with Crippen molar-refractivity contribution in [3.63, 3.8) is 0 Å². The summed E-state index contributed by atoms with van der Waals surface area (Å²) in [4.78, 5) is 4.17. The van der Waals surface area contributed by atoms with Crippen molar-refractivity contribution in [2.75, 3.05) is 0 Å². The molecular formula is C7H12N4. The number of rotatable bonds is 2. The molecule has 0 radical (unpaired) electrons. The fourth-order valence-electron chi connectivity index (χ4n) is 1.32. The number of aromatic nitrogens is 3. The molecule has 11 heavy (non-hydrogen) atoms. The molecule has 0 bridgehead atoms. The molecule has 4 nitrogen and oxygen atoms in total. The number of hydrogen-bond acceptors (Lipinski definition) is 3. The van der Waals surface area contributed by atoms with E-state index in [1.807, 2.05) is 4.68 Å². The number of aryl methyl sites for hydroxylation is 1. The summed E-state index contributed by atoms with van der Waals surface area (Å²) in [6, 6.07) is 0.324. The normalized spacial score (nSPS) is 28.9. The Balaban J connectivity index is 2.23. The number of hydrogen-bond donors (Lipinski definition) is 1. The van der Waals surface area contributed by atoms with Crippen LogP contribution in [0.25, 0.3) is 0 Å². The third kappa shape index (κ3) is 1.03. The first-order chi connectivity index (χ1) is 5.33. The van der Waals surface area contributed by atoms with E-state index < -0.39 is 0 Å². The molecule has 60 valence electrons. The molecule has 0 aliphatic heterocycles. The van der Waals surface area contributed by atoms with Crippen LogP contribution in [0.4, 0.5) is 0 Å². The van der Waals surface area contributed by atoms with Crippen LogP contribution < -0.4 is 5.73 Å². The van der Waals surface area contributed by atoms with Crippen molar-refractivity contribution in [1.82, 2.24) is 14.8 Å². The Bertz CT molecular complexity index is 255. The molecule has 0 amide bonds. The summed E-state index contributed by atoms with van der Waals surface area (Å²) >= 11 is 0. The summed E-state index contributed by atoms with van der Waals surface area (Å²) in [5.41, 5.74) is 5.70. The SMILES string of the molecule is CCn1ncnc1C1CC1N. The van der Waals surface area contributed by atoms with Crippen molar-refractivity contribution in [1.29, 1.82) is 0 Å². The van der Waals surface area contributed by atoms with Gasteiger partial charge in [0.2, 0.25) is 0 Å². The number of nitrogens with two attached hydrogens (primary N) is 1. The molecule has 1 fully saturated rings. The van der Waals surface area contributed by atoms with E-state index in [1.54, 1.807) is 6.33 Å². The summed E-state index contributed by atoms with van der Waals surface area (Å²) in [6.45, 7) is 2.95. The van der Waals surface area contributed by atoms with E-state index in [2.05, 4.69) is 17.0 Å². The molecule has 2 rings (SSSR count). The van der Waals surface area contributed by atoms with E-state index >= 15 is 0 Å². The molecule has 1 aliphatic rings. The highest BCUT2D eigenvalue weighted by atomic mass is 15.3. The predicted octanol–water partition coefficient (Wildman–Crippen LogP) is 0.113. The lowest BCUT2D eigenvalue weighted by atomic mass is 10.4. The Hall–Kier alpha value is -0.900. The molecule has 1 heterocycles. The molecule has 2 N–H and O–H groups in total. The summed E-state index contributed by atoms with van der Waals surface area (Å²) in [5, 5.41) is 4.08. The van der Waals surface area contributed by atoms with E-state index in [4.69, 9.17) is 5.73 Å². The first-order valence-corrected chi connectivity index (χ1v) is 3.96. The zero-order valence-electron chi connectivity index (χ0n) is 6.57. The molecule has 1 saturated carbocycles. The van der Waals surface area contributed by atoms with Crippen molar-refractivity contribution in [3.8, 4) is 0 Å². The van der Waals surface area contributed by atoms with E-state index in [1.165, 1.54) is 0 Å². The molecule has 0 aromatic carbocycles. The lowest BCUT2D eigenvalue weighted by Gasteiger charge is -1.99. The van der Waals surface area contributed by atoms with Gasteiger partial charge in [-0.1, -0.05) is 0 Å². The molecule has 2 unspecified atom stereocenters. The van der Waals surface area contributed by atoms with Crippen molar-refractivity contribution in [2.45, 2.75) is 31.8 Å². The largest absolute Gasteiger partial charge is 0.327 e. The Morgan fingerprint density at radius 1 is 1.82 bits per heavy atom. The Kier molecular flexibility index (Phi) is 1.42. The minimum absolute atomic E-state index is 0.324. The van der Waals surface area contributed by atoms with Crippen LogP contribution in [-0.4, -0.2) is 20.8 Å². The quantitative estimate of drug-likeness (QED) is 0.654. The van der Waals surface area contributed by atoms with Crippen molar-refractivity contribution in [2.24, 2.45) is 5.73 Å². The van der Waals surface area contributed by atoms with Crippen LogP contribution in [0, 0.1) is 0 Å². The maximum Gasteiger partial charge on any atom is 0.138 e. The van der Waals surface area contributed by atoms with Crippen LogP contribution in [0.2, 0.25) is 0 Å². The smallest absolute Gasteiger partial charge is 0.138 e. The van der Waals surface area contributed by atoms with Gasteiger partial charge in [-0.3, -0.25) is 4.68 Å². The van der Waals surface area contributed by atoms with Crippen LogP contribution in [0.5, 0.6) is 0 Å². The van der Waals surface area contributed by atoms with Crippen LogP contribution in [0.1, 0.15) is 25.1 Å². The van der Waals surface area contributed by atoms with Gasteiger partial charge in [0, 0.05) is 18.5 Å². The molecular weight excluding hydrogens is 140 g/mol. The molecule has 0 saturated heterocycles. The maximum absolute atomic E-state index is 5.70. The van der Waals surface area contributed by atoms with Crippen LogP contribution in [-0.2, 0) is 6.54 Å². The van der Waals surface area contributed by atoms with Crippen molar-refractivity contribution in [3.05, 3.63) is 12.2 Å². The minimum Gasteiger partial charge on any atom is -0.327 e. The monoisotopic (exact) mass is 152 g/mol. The van der Waals surface area contributed by atoms with Gasteiger partial charge in [0.25, 0.3) is 0 Å². The second kappa shape index (κ2) is 2.30. The maximum atomic E-state index is 5.70. The van der Waals surface area contributed by atoms with Gasteiger partial charge in [-0.2, -0.15) is 5.10 Å². The van der Waals surface area contributed by atoms with E-state index in [-0.39, 0.29) is 0 Å². The van der Waals surface area contributed by atoms with Gasteiger partial charge >= 0.3 is 0 Å². The highest BCUT2D eigenvalue weighted by molar-refractivity contribution is 5.12. The molecule has 4 heteroatoms. The van der Waals surface area contributed by atoms with Crippen molar-refractivity contribution >= 4 is 0 Å². The van der Waals surface area contributed by atoms with Crippen LogP contribution in [0.3, 0.4) is 0 Å². The zero-order chi connectivity index (χ0) is 7.84. The lowest BCUT2D eigenvalue weighted by Crippen LogP contribution is -2.07. The fourth-order valence-corrected chi connectivity index (χ4v) is 1.32. The average molecular weight is 152 g/mol. The van der Waals surface area contributed by atoms with Gasteiger partial charge in [-0.25, -0.2) is 4.98 Å². The first kappa shape index (κ1) is 6.79. The number of nitrogens with zero attached hydrogens (tertiary/aromatic N) is 3. The minimum atomic E-state index is 0.324. The lowest BCUT2D eigenvalue weighted by molar-refractivity contribution is 0.613. The summed E-state index contributed by atoms with van der Waals surface area (Å²) in [6.07, 6.45) is 2.67. The van der Waals surface area contributed by atoms with Crippen molar-refractivity contribution < 1.29 is 0 Å². The molecule has 1 aliphatic carbocycles. The fraction of sp³-hybridized carbons (Fsp3) is 0.714. The molecule has 1 aromatic rings. The van der Waals surface area contributed by atoms with Gasteiger partial charge < -0.3 is 5.73 Å². The predicted molar refractivity (Wildman–Crippen MR) is 41.0 cm³/mol. The van der Waals surface area contributed by atoms with Crippen LogP contribution >= 0.6 is 0 Å². The van der Waals surface area contributed by atoms with E-state index in [9.17, 15) is 0 Å². The second-order valence-corrected chi connectivity index (χ2v) is 2.94. The van der Waals surface area contributed by atoms with Gasteiger partial charge in [0.1, 0.15) is 12.2 Å². The second-order valence-electron chi connectivity index (χ2n) is 2.94. The summed E-state index contributed by atoms with van der Waals surface area (Å²) in [5.74, 6) is 1.53. The van der Waals surface area contributed by atoms with E-state index in [0.29, 0.717) is 12.0 Å². The van der Waals surface area contributed by atoms with Crippen LogP contribution in [0.15, 0.2) is 6.33 Å². The Morgan fingerprint density at radius 2 is 2.55 bits per heavy atom. The Morgan fingerprint density at radius 3 is 3.09 bits per heavy atom. The van der Waals surface area contributed by atoms with Gasteiger partial charge in [-0.05, 0) is 13.3 Å². The Labute approximate surface area is 65.4 Å². The highest BCUT2D eigenvalue weighted by Gasteiger charge is 2.38. The topological polar surface area (TPSA) is 56.7 Å². The first-order valence-electron chi connectivity index (χ1n) is 3.96. The van der Waals surface area contributed by atoms with Gasteiger partial charge in [-0.15, -0.1) is 0 Å². The standard InChI is InChI=1S/C7H12N4/c1-2-11-7(9-4-10-11)5-3-6(5)8/h4-6H,2-3,8H2,1H3. The third-order valence-electron chi connectivity index (χ3n) is 2.12.